The summed E-state index contributed by atoms with van der Waals surface area (Å²) >= 11 is 0. The van der Waals surface area contributed by atoms with Crippen LogP contribution in [0.15, 0.2) is 30.3 Å². The van der Waals surface area contributed by atoms with E-state index in [-0.39, 0.29) is 18.3 Å². The maximum absolute atomic E-state index is 11.9. The second kappa shape index (κ2) is 5.61. The van der Waals surface area contributed by atoms with Crippen LogP contribution >= 0.6 is 0 Å². The van der Waals surface area contributed by atoms with Crippen LogP contribution in [-0.4, -0.2) is 24.4 Å². The van der Waals surface area contributed by atoms with Gasteiger partial charge in [-0.15, -0.1) is 0 Å². The third kappa shape index (κ3) is 3.07. The lowest BCUT2D eigenvalue weighted by Gasteiger charge is -2.21. The van der Waals surface area contributed by atoms with Crippen LogP contribution in [0.3, 0.4) is 0 Å². The van der Waals surface area contributed by atoms with Gasteiger partial charge in [0.2, 0.25) is 0 Å². The Kier molecular flexibility index (Phi) is 3.69. The van der Waals surface area contributed by atoms with Gasteiger partial charge in [0.15, 0.2) is 0 Å². The van der Waals surface area contributed by atoms with Crippen LogP contribution in [0.1, 0.15) is 32.1 Å². The number of para-hydroxylation sites is 1. The van der Waals surface area contributed by atoms with Gasteiger partial charge in [0, 0.05) is 5.69 Å². The summed E-state index contributed by atoms with van der Waals surface area (Å²) in [6.45, 7) is 0. The largest absolute Gasteiger partial charge is 0.443 e. The minimum atomic E-state index is -0.384. The molecule has 4 nitrogen and oxygen atoms in total. The molecule has 0 aromatic heterocycles. The molecule has 2 bridgehead atoms. The van der Waals surface area contributed by atoms with Gasteiger partial charge in [-0.25, -0.2) is 4.79 Å². The quantitative estimate of drug-likeness (QED) is 0.888. The molecule has 19 heavy (non-hydrogen) atoms. The summed E-state index contributed by atoms with van der Waals surface area (Å²) in [6, 6.07) is 9.36. The van der Waals surface area contributed by atoms with Crippen molar-refractivity contribution in [1.29, 1.82) is 0 Å². The fraction of sp³-hybridized carbons (Fsp3) is 0.533. The molecule has 2 fully saturated rings. The van der Waals surface area contributed by atoms with Crippen molar-refractivity contribution in [3.05, 3.63) is 30.3 Å². The van der Waals surface area contributed by atoms with Crippen LogP contribution in [0.2, 0.25) is 0 Å². The zero-order valence-electron chi connectivity index (χ0n) is 10.9. The maximum atomic E-state index is 11.9. The van der Waals surface area contributed by atoms with Gasteiger partial charge in [-0.1, -0.05) is 18.2 Å². The van der Waals surface area contributed by atoms with Crippen molar-refractivity contribution in [2.45, 2.75) is 50.4 Å². The topological polar surface area (TPSA) is 47.6 Å². The standard InChI is InChI=1S/C15H19NO3/c17-15(16-11-5-2-1-3-6-11)19-13-8-4-7-12-9-10-14(13)18-12/h1-3,5-6,12-14H,4,7-10H2,(H,16,17)/t12-,13+,14+/m1/s1. The van der Waals surface area contributed by atoms with Gasteiger partial charge in [0.05, 0.1) is 12.2 Å². The van der Waals surface area contributed by atoms with Crippen molar-refractivity contribution >= 4 is 11.8 Å². The van der Waals surface area contributed by atoms with Gasteiger partial charge in [-0.05, 0) is 44.2 Å². The van der Waals surface area contributed by atoms with Crippen molar-refractivity contribution < 1.29 is 14.3 Å². The number of fused-ring (bicyclic) bond motifs is 2. The summed E-state index contributed by atoms with van der Waals surface area (Å²) in [4.78, 5) is 11.9. The molecule has 0 unspecified atom stereocenters. The highest BCUT2D eigenvalue weighted by Gasteiger charge is 2.36. The highest BCUT2D eigenvalue weighted by Crippen LogP contribution is 2.32. The van der Waals surface area contributed by atoms with Crippen molar-refractivity contribution in [2.75, 3.05) is 5.32 Å². The van der Waals surface area contributed by atoms with Gasteiger partial charge in [-0.2, -0.15) is 0 Å². The molecule has 4 heteroatoms. The molecule has 3 rings (SSSR count). The van der Waals surface area contributed by atoms with Crippen LogP contribution in [-0.2, 0) is 9.47 Å². The second-order valence-electron chi connectivity index (χ2n) is 5.24. The number of hydrogen-bond acceptors (Lipinski definition) is 3. The predicted octanol–water partition coefficient (Wildman–Crippen LogP) is 3.34. The number of rotatable bonds is 2. The lowest BCUT2D eigenvalue weighted by atomic mass is 9.99. The number of benzene rings is 1. The molecule has 1 amide bonds. The SMILES string of the molecule is O=C(Nc1ccccc1)O[C@H]1CCC[C@@H]2CC[C@@H]1O2. The summed E-state index contributed by atoms with van der Waals surface area (Å²) in [5, 5.41) is 2.75. The third-order valence-corrected chi connectivity index (χ3v) is 3.85. The molecule has 3 atom stereocenters. The Bertz CT molecular complexity index is 434. The number of anilines is 1. The first kappa shape index (κ1) is 12.5. The lowest BCUT2D eigenvalue weighted by Crippen LogP contribution is -2.32. The maximum Gasteiger partial charge on any atom is 0.411 e. The van der Waals surface area contributed by atoms with E-state index in [9.17, 15) is 4.79 Å². The summed E-state index contributed by atoms with van der Waals surface area (Å²) in [6.07, 6.45) is 5.18. The molecule has 1 aromatic rings. The predicted molar refractivity (Wildman–Crippen MR) is 72.1 cm³/mol. The van der Waals surface area contributed by atoms with E-state index in [1.807, 2.05) is 30.3 Å². The van der Waals surface area contributed by atoms with Crippen molar-refractivity contribution in [3.8, 4) is 0 Å². The van der Waals surface area contributed by atoms with Gasteiger partial charge in [0.25, 0.3) is 0 Å². The zero-order chi connectivity index (χ0) is 13.1. The van der Waals surface area contributed by atoms with Gasteiger partial charge in [0.1, 0.15) is 6.10 Å². The molecule has 1 aromatic carbocycles. The van der Waals surface area contributed by atoms with Crippen LogP contribution in [0.25, 0.3) is 0 Å². The zero-order valence-corrected chi connectivity index (χ0v) is 10.9. The minimum Gasteiger partial charge on any atom is -0.443 e. The Morgan fingerprint density at radius 2 is 2.00 bits per heavy atom. The molecular weight excluding hydrogens is 242 g/mol. The van der Waals surface area contributed by atoms with E-state index < -0.39 is 0 Å². The third-order valence-electron chi connectivity index (χ3n) is 3.85. The Hall–Kier alpha value is -1.55. The summed E-state index contributed by atoms with van der Waals surface area (Å²) in [5.41, 5.74) is 0.756. The van der Waals surface area contributed by atoms with Crippen LogP contribution < -0.4 is 5.32 Å². The minimum absolute atomic E-state index is 0.0917. The Labute approximate surface area is 113 Å². The van der Waals surface area contributed by atoms with Gasteiger partial charge < -0.3 is 9.47 Å². The highest BCUT2D eigenvalue weighted by atomic mass is 16.6. The highest BCUT2D eigenvalue weighted by molar-refractivity contribution is 5.84. The molecule has 2 heterocycles. The average molecular weight is 261 g/mol. The molecule has 2 aliphatic heterocycles. The van der Waals surface area contributed by atoms with E-state index in [1.165, 1.54) is 0 Å². The number of carbonyl (C=O) groups excluding carboxylic acids is 1. The number of nitrogens with one attached hydrogen (secondary N) is 1. The number of ether oxygens (including phenoxy) is 2. The van der Waals surface area contributed by atoms with E-state index in [2.05, 4.69) is 5.32 Å². The Morgan fingerprint density at radius 3 is 2.84 bits per heavy atom. The Balaban J connectivity index is 1.56. The first-order chi connectivity index (χ1) is 9.31. The molecule has 0 saturated carbocycles. The lowest BCUT2D eigenvalue weighted by molar-refractivity contribution is -0.0255. The summed E-state index contributed by atoms with van der Waals surface area (Å²) in [5.74, 6) is 0. The fourth-order valence-corrected chi connectivity index (χ4v) is 2.89. The van der Waals surface area contributed by atoms with Crippen LogP contribution in [0.4, 0.5) is 10.5 Å². The molecule has 0 aliphatic carbocycles. The molecule has 1 N–H and O–H groups in total. The first-order valence-corrected chi connectivity index (χ1v) is 6.99. The van der Waals surface area contributed by atoms with E-state index in [4.69, 9.17) is 9.47 Å². The number of amides is 1. The monoisotopic (exact) mass is 261 g/mol. The van der Waals surface area contributed by atoms with E-state index in [1.54, 1.807) is 0 Å². The van der Waals surface area contributed by atoms with E-state index in [0.717, 1.165) is 37.8 Å². The van der Waals surface area contributed by atoms with Crippen molar-refractivity contribution in [2.24, 2.45) is 0 Å². The molecule has 2 saturated heterocycles. The first-order valence-electron chi connectivity index (χ1n) is 6.99. The molecule has 0 spiro atoms. The normalized spacial score (nSPS) is 29.6. The molecule has 0 radical (unpaired) electrons. The number of hydrogen-bond donors (Lipinski definition) is 1. The van der Waals surface area contributed by atoms with Crippen LogP contribution in [0, 0.1) is 0 Å². The molecular formula is C15H19NO3. The van der Waals surface area contributed by atoms with Crippen molar-refractivity contribution in [3.63, 3.8) is 0 Å². The van der Waals surface area contributed by atoms with Crippen LogP contribution in [0.5, 0.6) is 0 Å². The number of carbonyl (C=O) groups is 1. The summed E-state index contributed by atoms with van der Waals surface area (Å²) < 4.78 is 11.4. The smallest absolute Gasteiger partial charge is 0.411 e. The molecule has 2 aliphatic rings. The van der Waals surface area contributed by atoms with E-state index in [0.29, 0.717) is 6.10 Å². The summed E-state index contributed by atoms with van der Waals surface area (Å²) in [7, 11) is 0. The van der Waals surface area contributed by atoms with Crippen molar-refractivity contribution in [1.82, 2.24) is 0 Å². The van der Waals surface area contributed by atoms with Gasteiger partial charge in [-0.3, -0.25) is 5.32 Å². The van der Waals surface area contributed by atoms with E-state index >= 15 is 0 Å². The molecule has 102 valence electrons. The van der Waals surface area contributed by atoms with Gasteiger partial charge >= 0.3 is 6.09 Å². The Morgan fingerprint density at radius 1 is 1.16 bits per heavy atom. The average Bonchev–Trinajstić information content (AvgIpc) is 2.78. The fourth-order valence-electron chi connectivity index (χ4n) is 2.89. The second-order valence-corrected chi connectivity index (χ2v) is 5.24.